The third kappa shape index (κ3) is 4.94. The SMILES string of the molecule is CN(C(=O)C=Cc1ccc(O)c(O)c1Cl)c1ccc(S(=O)(=O)NC2Cc3ccccc3C2)cc1. The number of likely N-dealkylation sites (N-methyl/N-ethyl adjacent to an activating group) is 1. The highest BCUT2D eigenvalue weighted by molar-refractivity contribution is 7.89. The van der Waals surface area contributed by atoms with Crippen LogP contribution in [0.15, 0.2) is 71.6 Å². The molecule has 3 aromatic rings. The Morgan fingerprint density at radius 2 is 1.65 bits per heavy atom. The van der Waals surface area contributed by atoms with Crippen LogP contribution in [0.3, 0.4) is 0 Å². The molecule has 9 heteroatoms. The molecular formula is C25H23ClN2O5S. The van der Waals surface area contributed by atoms with E-state index in [1.807, 2.05) is 24.3 Å². The van der Waals surface area contributed by atoms with Crippen molar-refractivity contribution in [2.45, 2.75) is 23.8 Å². The molecule has 0 saturated carbocycles. The van der Waals surface area contributed by atoms with Gasteiger partial charge in [0.15, 0.2) is 11.5 Å². The van der Waals surface area contributed by atoms with Crippen LogP contribution in [0.2, 0.25) is 5.02 Å². The molecule has 3 aromatic carbocycles. The van der Waals surface area contributed by atoms with Gasteiger partial charge in [0.25, 0.3) is 5.91 Å². The van der Waals surface area contributed by atoms with Crippen LogP contribution in [-0.4, -0.2) is 37.6 Å². The zero-order valence-electron chi connectivity index (χ0n) is 18.3. The standard InChI is InChI=1S/C25H23ClN2O5S/c1-28(23(30)13-7-16-6-12-22(29)25(31)24(16)26)20-8-10-21(11-9-20)34(32,33)27-19-14-17-4-2-3-5-18(17)15-19/h2-13,19,27,29,31H,14-15H2,1H3. The predicted octanol–water partition coefficient (Wildman–Crippen LogP) is 3.87. The van der Waals surface area contributed by atoms with E-state index in [0.29, 0.717) is 24.1 Å². The minimum atomic E-state index is -3.71. The van der Waals surface area contributed by atoms with Gasteiger partial charge >= 0.3 is 0 Å². The van der Waals surface area contributed by atoms with Crippen molar-refractivity contribution in [3.63, 3.8) is 0 Å². The summed E-state index contributed by atoms with van der Waals surface area (Å²) in [6, 6.07) is 16.5. The number of fused-ring (bicyclic) bond motifs is 1. The molecule has 0 unspecified atom stereocenters. The summed E-state index contributed by atoms with van der Waals surface area (Å²) in [5, 5.41) is 19.1. The lowest BCUT2D eigenvalue weighted by molar-refractivity contribution is -0.113. The number of aromatic hydroxyl groups is 2. The molecule has 0 fully saturated rings. The van der Waals surface area contributed by atoms with E-state index in [-0.39, 0.29) is 27.6 Å². The Morgan fingerprint density at radius 3 is 2.26 bits per heavy atom. The van der Waals surface area contributed by atoms with Crippen molar-refractivity contribution in [3.8, 4) is 11.5 Å². The molecule has 0 aliphatic heterocycles. The van der Waals surface area contributed by atoms with Crippen molar-refractivity contribution in [3.05, 3.63) is 88.5 Å². The second-order valence-corrected chi connectivity index (χ2v) is 10.1. The van der Waals surface area contributed by atoms with E-state index in [1.165, 1.54) is 41.3 Å². The minimum absolute atomic E-state index is 0.0703. The Labute approximate surface area is 203 Å². The van der Waals surface area contributed by atoms with Gasteiger partial charge in [0.05, 0.1) is 9.92 Å². The summed E-state index contributed by atoms with van der Waals surface area (Å²) in [7, 11) is -2.15. The lowest BCUT2D eigenvalue weighted by atomic mass is 10.1. The molecule has 0 aromatic heterocycles. The first kappa shape index (κ1) is 23.8. The van der Waals surface area contributed by atoms with E-state index in [1.54, 1.807) is 19.2 Å². The van der Waals surface area contributed by atoms with Crippen LogP contribution in [0.4, 0.5) is 5.69 Å². The number of hydrogen-bond acceptors (Lipinski definition) is 5. The van der Waals surface area contributed by atoms with Gasteiger partial charge in [0.2, 0.25) is 10.0 Å². The Bertz CT molecular complexity index is 1350. The van der Waals surface area contributed by atoms with Crippen molar-refractivity contribution < 1.29 is 23.4 Å². The number of carbonyl (C=O) groups is 1. The van der Waals surface area contributed by atoms with Crippen LogP contribution in [0, 0.1) is 0 Å². The highest BCUT2D eigenvalue weighted by Crippen LogP contribution is 2.36. The number of anilines is 1. The molecule has 176 valence electrons. The first-order valence-electron chi connectivity index (χ1n) is 10.5. The first-order chi connectivity index (χ1) is 16.2. The number of amides is 1. The van der Waals surface area contributed by atoms with Crippen LogP contribution in [-0.2, 0) is 27.7 Å². The quantitative estimate of drug-likeness (QED) is 0.353. The summed E-state index contributed by atoms with van der Waals surface area (Å²) >= 11 is 5.98. The molecule has 0 heterocycles. The molecular weight excluding hydrogens is 476 g/mol. The maximum absolute atomic E-state index is 12.8. The summed E-state index contributed by atoms with van der Waals surface area (Å²) < 4.78 is 28.5. The first-order valence-corrected chi connectivity index (χ1v) is 12.4. The summed E-state index contributed by atoms with van der Waals surface area (Å²) in [5.74, 6) is -1.20. The van der Waals surface area contributed by atoms with Crippen molar-refractivity contribution in [1.29, 1.82) is 0 Å². The molecule has 0 spiro atoms. The maximum atomic E-state index is 12.8. The molecule has 7 nitrogen and oxygen atoms in total. The highest BCUT2D eigenvalue weighted by Gasteiger charge is 2.26. The van der Waals surface area contributed by atoms with Crippen molar-refractivity contribution in [1.82, 2.24) is 4.72 Å². The van der Waals surface area contributed by atoms with Crippen LogP contribution >= 0.6 is 11.6 Å². The van der Waals surface area contributed by atoms with Crippen LogP contribution in [0.25, 0.3) is 6.08 Å². The maximum Gasteiger partial charge on any atom is 0.250 e. The van der Waals surface area contributed by atoms with Crippen LogP contribution in [0.1, 0.15) is 16.7 Å². The summed E-state index contributed by atoms with van der Waals surface area (Å²) in [6.45, 7) is 0. The number of phenols is 2. The number of hydrogen-bond donors (Lipinski definition) is 3. The average Bonchev–Trinajstić information content (AvgIpc) is 3.23. The molecule has 34 heavy (non-hydrogen) atoms. The number of nitrogens with one attached hydrogen (secondary N) is 1. The van der Waals surface area contributed by atoms with Crippen molar-refractivity contribution >= 4 is 39.3 Å². The van der Waals surface area contributed by atoms with Gasteiger partial charge in [0, 0.05) is 24.9 Å². The molecule has 0 atom stereocenters. The van der Waals surface area contributed by atoms with Gasteiger partial charge in [-0.15, -0.1) is 0 Å². The molecule has 4 rings (SSSR count). The van der Waals surface area contributed by atoms with Gasteiger partial charge in [-0.05, 0) is 72.0 Å². The Kier molecular flexibility index (Phi) is 6.65. The Balaban J connectivity index is 1.42. The van der Waals surface area contributed by atoms with Gasteiger partial charge in [-0.1, -0.05) is 35.9 Å². The van der Waals surface area contributed by atoms with E-state index >= 15 is 0 Å². The molecule has 1 aliphatic rings. The summed E-state index contributed by atoms with van der Waals surface area (Å²) in [6.07, 6.45) is 3.99. The van der Waals surface area contributed by atoms with E-state index in [9.17, 15) is 23.4 Å². The number of nitrogens with zero attached hydrogens (tertiary/aromatic N) is 1. The van der Waals surface area contributed by atoms with E-state index < -0.39 is 15.8 Å². The second kappa shape index (κ2) is 9.50. The predicted molar refractivity (Wildman–Crippen MR) is 132 cm³/mol. The second-order valence-electron chi connectivity index (χ2n) is 8.06. The van der Waals surface area contributed by atoms with Gasteiger partial charge in [-0.2, -0.15) is 0 Å². The molecule has 1 amide bonds. The number of sulfonamides is 1. The Hall–Kier alpha value is -3.33. The lowest BCUT2D eigenvalue weighted by Gasteiger charge is -2.17. The van der Waals surface area contributed by atoms with Crippen LogP contribution in [0.5, 0.6) is 11.5 Å². The average molecular weight is 499 g/mol. The van der Waals surface area contributed by atoms with E-state index in [0.717, 1.165) is 11.1 Å². The monoisotopic (exact) mass is 498 g/mol. The lowest BCUT2D eigenvalue weighted by Crippen LogP contribution is -2.35. The molecule has 3 N–H and O–H groups in total. The minimum Gasteiger partial charge on any atom is -0.504 e. The fourth-order valence-corrected chi connectivity index (χ4v) is 5.34. The third-order valence-electron chi connectivity index (χ3n) is 5.77. The molecule has 1 aliphatic carbocycles. The normalized spacial score (nSPS) is 13.8. The number of carbonyl (C=O) groups excluding carboxylic acids is 1. The Morgan fingerprint density at radius 1 is 1.03 bits per heavy atom. The van der Waals surface area contributed by atoms with E-state index in [4.69, 9.17) is 11.6 Å². The summed E-state index contributed by atoms with van der Waals surface area (Å²) in [5.41, 5.74) is 3.17. The largest absolute Gasteiger partial charge is 0.504 e. The smallest absolute Gasteiger partial charge is 0.250 e. The van der Waals surface area contributed by atoms with Gasteiger partial charge in [0.1, 0.15) is 0 Å². The van der Waals surface area contributed by atoms with Gasteiger partial charge in [-0.25, -0.2) is 13.1 Å². The number of phenolic OH excluding ortho intramolecular Hbond substituents is 2. The van der Waals surface area contributed by atoms with Crippen molar-refractivity contribution in [2.24, 2.45) is 0 Å². The van der Waals surface area contributed by atoms with E-state index in [2.05, 4.69) is 4.72 Å². The fraction of sp³-hybridized carbons (Fsp3) is 0.160. The third-order valence-corrected chi connectivity index (χ3v) is 7.70. The number of benzene rings is 3. The number of rotatable bonds is 6. The molecule has 0 saturated heterocycles. The topological polar surface area (TPSA) is 107 Å². The van der Waals surface area contributed by atoms with Crippen molar-refractivity contribution in [2.75, 3.05) is 11.9 Å². The zero-order chi connectivity index (χ0) is 24.5. The van der Waals surface area contributed by atoms with Crippen LogP contribution < -0.4 is 9.62 Å². The zero-order valence-corrected chi connectivity index (χ0v) is 19.8. The molecule has 0 radical (unpaired) electrons. The van der Waals surface area contributed by atoms with Gasteiger partial charge in [-0.3, -0.25) is 4.79 Å². The highest BCUT2D eigenvalue weighted by atomic mass is 35.5. The summed E-state index contributed by atoms with van der Waals surface area (Å²) in [4.78, 5) is 14.0. The number of halogens is 1. The fourth-order valence-electron chi connectivity index (χ4n) is 3.88. The van der Waals surface area contributed by atoms with Gasteiger partial charge < -0.3 is 15.1 Å². The molecule has 0 bridgehead atoms.